The van der Waals surface area contributed by atoms with Crippen molar-refractivity contribution in [2.24, 2.45) is 0 Å². The van der Waals surface area contributed by atoms with E-state index < -0.39 is 18.6 Å². The molecule has 0 aliphatic heterocycles. The lowest BCUT2D eigenvalue weighted by Crippen LogP contribution is -2.03. The number of alkyl halides is 2. The van der Waals surface area contributed by atoms with Gasteiger partial charge >= 0.3 is 0 Å². The highest BCUT2D eigenvalue weighted by Gasteiger charge is 2.18. The number of aliphatic hydroxyl groups excluding tert-OH is 1. The minimum Gasteiger partial charge on any atom is -0.481 e. The number of nitrogens with zero attached hydrogens (tertiary/aromatic N) is 2. The second kappa shape index (κ2) is 4.66. The van der Waals surface area contributed by atoms with Crippen molar-refractivity contribution in [1.29, 1.82) is 5.26 Å². The third-order valence-corrected chi connectivity index (χ3v) is 1.84. The van der Waals surface area contributed by atoms with Crippen molar-refractivity contribution in [2.75, 3.05) is 7.11 Å². The maximum absolute atomic E-state index is 12.5. The largest absolute Gasteiger partial charge is 0.481 e. The molecule has 1 aromatic heterocycles. The molecule has 0 fully saturated rings. The molecule has 0 radical (unpaired) electrons. The molecule has 1 rings (SSSR count). The van der Waals surface area contributed by atoms with Crippen molar-refractivity contribution in [1.82, 2.24) is 4.98 Å². The Labute approximate surface area is 84.7 Å². The van der Waals surface area contributed by atoms with E-state index in [4.69, 9.17) is 10.4 Å². The normalized spacial score (nSPS) is 10.1. The second-order valence-corrected chi connectivity index (χ2v) is 2.65. The van der Waals surface area contributed by atoms with Gasteiger partial charge in [0.05, 0.1) is 13.7 Å². The average Bonchev–Trinajstić information content (AvgIpc) is 2.26. The smallest absolute Gasteiger partial charge is 0.264 e. The number of nitriles is 1. The molecule has 15 heavy (non-hydrogen) atoms. The van der Waals surface area contributed by atoms with Crippen LogP contribution in [-0.2, 0) is 6.61 Å². The number of aliphatic hydroxyl groups is 1. The van der Waals surface area contributed by atoms with E-state index in [1.165, 1.54) is 7.11 Å². The first-order chi connectivity index (χ1) is 7.13. The van der Waals surface area contributed by atoms with Gasteiger partial charge in [-0.1, -0.05) is 0 Å². The van der Waals surface area contributed by atoms with E-state index in [-0.39, 0.29) is 17.1 Å². The lowest BCUT2D eigenvalue weighted by molar-refractivity contribution is 0.146. The Morgan fingerprint density at radius 2 is 2.33 bits per heavy atom. The summed E-state index contributed by atoms with van der Waals surface area (Å²) < 4.78 is 29.8. The molecular weight excluding hydrogens is 206 g/mol. The molecule has 80 valence electrons. The summed E-state index contributed by atoms with van der Waals surface area (Å²) in [6.07, 6.45) is -2.78. The summed E-state index contributed by atoms with van der Waals surface area (Å²) in [5.74, 6) is -0.0703. The first-order valence-corrected chi connectivity index (χ1v) is 4.01. The highest BCUT2D eigenvalue weighted by Crippen LogP contribution is 2.27. The van der Waals surface area contributed by atoms with Crippen LogP contribution >= 0.6 is 0 Å². The van der Waals surface area contributed by atoms with Crippen molar-refractivity contribution in [3.05, 3.63) is 22.9 Å². The van der Waals surface area contributed by atoms with Gasteiger partial charge in [-0.2, -0.15) is 5.26 Å². The molecule has 6 heteroatoms. The predicted molar refractivity (Wildman–Crippen MR) is 46.4 cm³/mol. The molecule has 0 atom stereocenters. The topological polar surface area (TPSA) is 66.1 Å². The fourth-order valence-electron chi connectivity index (χ4n) is 1.12. The molecule has 1 aromatic rings. The Bertz CT molecular complexity index is 402. The maximum atomic E-state index is 12.5. The van der Waals surface area contributed by atoms with Crippen molar-refractivity contribution in [2.45, 2.75) is 13.0 Å². The van der Waals surface area contributed by atoms with Gasteiger partial charge in [-0.25, -0.2) is 13.8 Å². The molecule has 0 saturated carbocycles. The Kier molecular flexibility index (Phi) is 3.52. The number of rotatable bonds is 3. The van der Waals surface area contributed by atoms with Crippen LogP contribution in [0.1, 0.15) is 23.2 Å². The SMILES string of the molecule is COc1cc(C(F)F)c(CO)c(C#N)n1. The number of hydrogen-bond acceptors (Lipinski definition) is 4. The molecule has 1 heterocycles. The summed E-state index contributed by atoms with van der Waals surface area (Å²) in [4.78, 5) is 3.65. The van der Waals surface area contributed by atoms with E-state index in [1.807, 2.05) is 0 Å². The molecule has 0 aromatic carbocycles. The van der Waals surface area contributed by atoms with Gasteiger partial charge in [0.15, 0.2) is 5.69 Å². The monoisotopic (exact) mass is 214 g/mol. The molecule has 4 nitrogen and oxygen atoms in total. The summed E-state index contributed by atoms with van der Waals surface area (Å²) in [7, 11) is 1.26. The van der Waals surface area contributed by atoms with E-state index in [0.717, 1.165) is 6.07 Å². The molecule has 0 amide bonds. The van der Waals surface area contributed by atoms with E-state index in [9.17, 15) is 8.78 Å². The predicted octanol–water partition coefficient (Wildman–Crippen LogP) is 1.39. The number of aromatic nitrogens is 1. The van der Waals surface area contributed by atoms with E-state index >= 15 is 0 Å². The van der Waals surface area contributed by atoms with Crippen molar-refractivity contribution in [3.8, 4) is 11.9 Å². The summed E-state index contributed by atoms with van der Waals surface area (Å²) in [5.41, 5.74) is -0.832. The summed E-state index contributed by atoms with van der Waals surface area (Å²) in [5, 5.41) is 17.5. The van der Waals surface area contributed by atoms with Gasteiger partial charge in [0.2, 0.25) is 5.88 Å². The minimum atomic E-state index is -2.78. The third kappa shape index (κ3) is 2.19. The van der Waals surface area contributed by atoms with Gasteiger partial charge in [0.25, 0.3) is 6.43 Å². The highest BCUT2D eigenvalue weighted by atomic mass is 19.3. The Hall–Kier alpha value is -1.74. The van der Waals surface area contributed by atoms with E-state index in [1.54, 1.807) is 6.07 Å². The minimum absolute atomic E-state index is 0.0703. The van der Waals surface area contributed by atoms with Crippen LogP contribution in [-0.4, -0.2) is 17.2 Å². The average molecular weight is 214 g/mol. The molecule has 0 spiro atoms. The highest BCUT2D eigenvalue weighted by molar-refractivity contribution is 5.41. The number of pyridine rings is 1. The van der Waals surface area contributed by atoms with Gasteiger partial charge < -0.3 is 9.84 Å². The Morgan fingerprint density at radius 1 is 1.67 bits per heavy atom. The van der Waals surface area contributed by atoms with Gasteiger partial charge in [0, 0.05) is 17.2 Å². The van der Waals surface area contributed by atoms with Crippen LogP contribution in [0, 0.1) is 11.3 Å². The molecule has 0 unspecified atom stereocenters. The lowest BCUT2D eigenvalue weighted by Gasteiger charge is -2.09. The molecule has 0 saturated heterocycles. The molecule has 0 bridgehead atoms. The number of halogens is 2. The van der Waals surface area contributed by atoms with Crippen molar-refractivity contribution >= 4 is 0 Å². The number of methoxy groups -OCH3 is 1. The van der Waals surface area contributed by atoms with Crippen LogP contribution in [0.5, 0.6) is 5.88 Å². The van der Waals surface area contributed by atoms with Gasteiger partial charge in [0.1, 0.15) is 6.07 Å². The fourth-order valence-corrected chi connectivity index (χ4v) is 1.12. The fraction of sp³-hybridized carbons (Fsp3) is 0.333. The van der Waals surface area contributed by atoms with Crippen LogP contribution in [0.15, 0.2) is 6.07 Å². The summed E-state index contributed by atoms with van der Waals surface area (Å²) >= 11 is 0. The van der Waals surface area contributed by atoms with Crippen LogP contribution in [0.4, 0.5) is 8.78 Å². The zero-order valence-corrected chi connectivity index (χ0v) is 7.87. The maximum Gasteiger partial charge on any atom is 0.264 e. The standard InChI is InChI=1S/C9H8F2N2O2/c1-15-8-2-5(9(10)11)6(4-14)7(3-12)13-8/h2,9,14H,4H2,1H3. The lowest BCUT2D eigenvalue weighted by atomic mass is 10.1. The van der Waals surface area contributed by atoms with Gasteiger partial charge in [-0.15, -0.1) is 0 Å². The Balaban J connectivity index is 3.41. The van der Waals surface area contributed by atoms with E-state index in [2.05, 4.69) is 9.72 Å². The summed E-state index contributed by atoms with van der Waals surface area (Å²) in [6, 6.07) is 2.64. The molecule has 0 aliphatic rings. The van der Waals surface area contributed by atoms with Crippen LogP contribution in [0.2, 0.25) is 0 Å². The van der Waals surface area contributed by atoms with E-state index in [0.29, 0.717) is 0 Å². The van der Waals surface area contributed by atoms with Crippen molar-refractivity contribution in [3.63, 3.8) is 0 Å². The van der Waals surface area contributed by atoms with Crippen molar-refractivity contribution < 1.29 is 18.6 Å². The van der Waals surface area contributed by atoms with Gasteiger partial charge in [-0.05, 0) is 0 Å². The number of hydrogen-bond donors (Lipinski definition) is 1. The molecular formula is C9H8F2N2O2. The molecule has 0 aliphatic carbocycles. The van der Waals surface area contributed by atoms with Crippen LogP contribution in [0.3, 0.4) is 0 Å². The Morgan fingerprint density at radius 3 is 2.73 bits per heavy atom. The van der Waals surface area contributed by atoms with Crippen LogP contribution in [0.25, 0.3) is 0 Å². The molecule has 1 N–H and O–H groups in total. The second-order valence-electron chi connectivity index (χ2n) is 2.65. The van der Waals surface area contributed by atoms with Gasteiger partial charge in [-0.3, -0.25) is 0 Å². The third-order valence-electron chi connectivity index (χ3n) is 1.84. The summed E-state index contributed by atoms with van der Waals surface area (Å²) in [6.45, 7) is -0.653. The number of ether oxygens (including phenoxy) is 1. The first-order valence-electron chi connectivity index (χ1n) is 4.01. The zero-order valence-electron chi connectivity index (χ0n) is 7.87. The first kappa shape index (κ1) is 11.3. The quantitative estimate of drug-likeness (QED) is 0.825. The zero-order chi connectivity index (χ0) is 11.4. The van der Waals surface area contributed by atoms with Crippen LogP contribution < -0.4 is 4.74 Å².